The Morgan fingerprint density at radius 2 is 1.74 bits per heavy atom. The summed E-state index contributed by atoms with van der Waals surface area (Å²) >= 11 is 0. The number of nitrogens with one attached hydrogen (secondary N) is 2. The lowest BCUT2D eigenvalue weighted by Crippen LogP contribution is -2.53. The first-order valence-corrected chi connectivity index (χ1v) is 12.0. The van der Waals surface area contributed by atoms with Gasteiger partial charge in [-0.2, -0.15) is 0 Å². The molecule has 168 valence electrons. The van der Waals surface area contributed by atoms with Crippen LogP contribution in [0.4, 0.5) is 11.5 Å². The smallest absolute Gasteiger partial charge is 0.226 e. The van der Waals surface area contributed by atoms with Crippen LogP contribution >= 0.6 is 0 Å². The second kappa shape index (κ2) is 8.77. The number of anilines is 2. The van der Waals surface area contributed by atoms with E-state index in [1.165, 1.54) is 19.3 Å². The van der Waals surface area contributed by atoms with Crippen LogP contribution in [-0.4, -0.2) is 49.6 Å². The Kier molecular flexibility index (Phi) is 5.87. The number of nitrogens with zero attached hydrogens (tertiary/aromatic N) is 2. The van der Waals surface area contributed by atoms with Gasteiger partial charge in [0, 0.05) is 31.5 Å². The van der Waals surface area contributed by atoms with Crippen molar-refractivity contribution in [1.82, 2.24) is 10.3 Å². The van der Waals surface area contributed by atoms with Crippen LogP contribution < -0.4 is 15.5 Å². The van der Waals surface area contributed by atoms with Crippen molar-refractivity contribution in [2.24, 2.45) is 23.2 Å². The molecule has 4 aliphatic carbocycles. The van der Waals surface area contributed by atoms with Gasteiger partial charge in [-0.3, -0.25) is 9.59 Å². The number of pyridine rings is 1. The number of aromatic nitrogens is 1. The maximum atomic E-state index is 13.0. The summed E-state index contributed by atoms with van der Waals surface area (Å²) in [7, 11) is 0. The second-order valence-corrected chi connectivity index (χ2v) is 10.1. The average molecular weight is 427 g/mol. The van der Waals surface area contributed by atoms with Crippen LogP contribution in [0.25, 0.3) is 0 Å². The molecule has 2 amide bonds. The van der Waals surface area contributed by atoms with E-state index in [2.05, 4.69) is 20.5 Å². The van der Waals surface area contributed by atoms with Gasteiger partial charge in [0.2, 0.25) is 11.8 Å². The number of ether oxygens (including phenoxy) is 1. The molecule has 2 N–H and O–H groups in total. The van der Waals surface area contributed by atoms with E-state index in [0.29, 0.717) is 25.1 Å². The minimum atomic E-state index is -0.106. The van der Waals surface area contributed by atoms with E-state index in [9.17, 15) is 9.59 Å². The first-order chi connectivity index (χ1) is 15.1. The van der Waals surface area contributed by atoms with Crippen molar-refractivity contribution in [1.29, 1.82) is 0 Å². The molecule has 5 aliphatic rings. The largest absolute Gasteiger partial charge is 0.378 e. The number of morpholine rings is 1. The minimum absolute atomic E-state index is 0.0371. The molecule has 31 heavy (non-hydrogen) atoms. The number of amides is 2. The number of hydrogen-bond acceptors (Lipinski definition) is 5. The van der Waals surface area contributed by atoms with Gasteiger partial charge in [0.25, 0.3) is 0 Å². The quantitative estimate of drug-likeness (QED) is 0.655. The van der Waals surface area contributed by atoms with Gasteiger partial charge >= 0.3 is 0 Å². The number of hydrogen-bond donors (Lipinski definition) is 2. The molecule has 7 heteroatoms. The summed E-state index contributed by atoms with van der Waals surface area (Å²) < 4.78 is 5.37. The zero-order valence-electron chi connectivity index (χ0n) is 18.3. The first kappa shape index (κ1) is 20.7. The summed E-state index contributed by atoms with van der Waals surface area (Å²) in [6.45, 7) is 3.70. The van der Waals surface area contributed by atoms with E-state index in [1.54, 1.807) is 6.20 Å². The van der Waals surface area contributed by atoms with Crippen molar-refractivity contribution in [3.05, 3.63) is 18.3 Å². The molecule has 1 aliphatic heterocycles. The molecule has 1 aromatic heterocycles. The summed E-state index contributed by atoms with van der Waals surface area (Å²) in [6, 6.07) is 3.83. The monoisotopic (exact) mass is 426 g/mol. The van der Waals surface area contributed by atoms with Crippen LogP contribution in [0.2, 0.25) is 0 Å². The van der Waals surface area contributed by atoms with Crippen LogP contribution in [0.3, 0.4) is 0 Å². The summed E-state index contributed by atoms with van der Waals surface area (Å²) in [5.41, 5.74) is 0.602. The Balaban J connectivity index is 1.04. The molecule has 0 aromatic carbocycles. The molecular formula is C24H34N4O3. The highest BCUT2D eigenvalue weighted by Gasteiger charge is 2.54. The predicted octanol–water partition coefficient (Wildman–Crippen LogP) is 2.97. The minimum Gasteiger partial charge on any atom is -0.378 e. The van der Waals surface area contributed by atoms with Crippen molar-refractivity contribution in [2.45, 2.75) is 51.4 Å². The highest BCUT2D eigenvalue weighted by Crippen LogP contribution is 2.60. The average Bonchev–Trinajstić information content (AvgIpc) is 2.77. The molecule has 4 bridgehead atoms. The number of rotatable bonds is 7. The highest BCUT2D eigenvalue weighted by molar-refractivity contribution is 5.90. The van der Waals surface area contributed by atoms with Gasteiger partial charge < -0.3 is 20.3 Å². The van der Waals surface area contributed by atoms with Gasteiger partial charge in [-0.15, -0.1) is 0 Å². The molecule has 6 rings (SSSR count). The van der Waals surface area contributed by atoms with Crippen molar-refractivity contribution >= 4 is 23.3 Å². The van der Waals surface area contributed by atoms with Gasteiger partial charge in [0.05, 0.1) is 25.1 Å². The maximum Gasteiger partial charge on any atom is 0.226 e. The SMILES string of the molecule is O=C(CCCNC(=O)C12CC3CC(CC(C3)C1)C2)Nc1ccc(N2CCOCC2)nc1. The molecule has 1 saturated heterocycles. The van der Waals surface area contributed by atoms with E-state index in [1.807, 2.05) is 12.1 Å². The van der Waals surface area contributed by atoms with Crippen molar-refractivity contribution in [3.8, 4) is 0 Å². The van der Waals surface area contributed by atoms with Gasteiger partial charge in [0.15, 0.2) is 0 Å². The third-order valence-corrected chi connectivity index (χ3v) is 7.75. The van der Waals surface area contributed by atoms with Crippen LogP contribution in [-0.2, 0) is 14.3 Å². The Bertz CT molecular complexity index is 768. The second-order valence-electron chi connectivity index (χ2n) is 10.1. The summed E-state index contributed by atoms with van der Waals surface area (Å²) in [5.74, 6) is 3.43. The number of carbonyl (C=O) groups is 2. The molecule has 4 saturated carbocycles. The van der Waals surface area contributed by atoms with Crippen molar-refractivity contribution in [2.75, 3.05) is 43.1 Å². The molecule has 0 unspecified atom stereocenters. The molecule has 0 spiro atoms. The molecule has 5 fully saturated rings. The van der Waals surface area contributed by atoms with Crippen LogP contribution in [0.1, 0.15) is 51.4 Å². The fourth-order valence-electron chi connectivity index (χ4n) is 6.69. The predicted molar refractivity (Wildman–Crippen MR) is 119 cm³/mol. The third kappa shape index (κ3) is 4.56. The summed E-state index contributed by atoms with van der Waals surface area (Å²) in [6.07, 6.45) is 10.0. The van der Waals surface area contributed by atoms with Crippen LogP contribution in [0.15, 0.2) is 18.3 Å². The lowest BCUT2D eigenvalue weighted by molar-refractivity contribution is -0.146. The van der Waals surface area contributed by atoms with E-state index >= 15 is 0 Å². The lowest BCUT2D eigenvalue weighted by atomic mass is 9.49. The van der Waals surface area contributed by atoms with E-state index in [0.717, 1.165) is 69.1 Å². The number of carbonyl (C=O) groups excluding carboxylic acids is 2. The third-order valence-electron chi connectivity index (χ3n) is 7.75. The Morgan fingerprint density at radius 3 is 2.35 bits per heavy atom. The lowest BCUT2D eigenvalue weighted by Gasteiger charge is -2.55. The maximum absolute atomic E-state index is 13.0. The van der Waals surface area contributed by atoms with Gasteiger partial charge in [-0.25, -0.2) is 4.98 Å². The molecule has 1 aromatic rings. The van der Waals surface area contributed by atoms with Gasteiger partial charge in [-0.05, 0) is 74.8 Å². The van der Waals surface area contributed by atoms with Crippen LogP contribution in [0, 0.1) is 23.2 Å². The zero-order valence-corrected chi connectivity index (χ0v) is 18.3. The van der Waals surface area contributed by atoms with Gasteiger partial charge in [-0.1, -0.05) is 0 Å². The Hall–Kier alpha value is -2.15. The first-order valence-electron chi connectivity index (χ1n) is 12.0. The fourth-order valence-corrected chi connectivity index (χ4v) is 6.69. The van der Waals surface area contributed by atoms with E-state index in [-0.39, 0.29) is 17.2 Å². The van der Waals surface area contributed by atoms with Gasteiger partial charge in [0.1, 0.15) is 5.82 Å². The molecule has 0 radical (unpaired) electrons. The van der Waals surface area contributed by atoms with E-state index in [4.69, 9.17) is 4.74 Å². The normalized spacial score (nSPS) is 31.5. The Labute approximate surface area is 184 Å². The van der Waals surface area contributed by atoms with Crippen molar-refractivity contribution in [3.63, 3.8) is 0 Å². The Morgan fingerprint density at radius 1 is 1.06 bits per heavy atom. The summed E-state index contributed by atoms with van der Waals surface area (Å²) in [4.78, 5) is 31.9. The molecular weight excluding hydrogens is 392 g/mol. The fraction of sp³-hybridized carbons (Fsp3) is 0.708. The van der Waals surface area contributed by atoms with Crippen molar-refractivity contribution < 1.29 is 14.3 Å². The standard InChI is InChI=1S/C24H34N4O3/c29-22(27-20-3-4-21(26-16-20)28-6-8-31-9-7-28)2-1-5-25-23(30)24-13-17-10-18(14-24)12-19(11-17)15-24/h3-4,16-19H,1-2,5-15H2,(H,25,30)(H,27,29). The molecule has 0 atom stereocenters. The topological polar surface area (TPSA) is 83.6 Å². The van der Waals surface area contributed by atoms with E-state index < -0.39 is 0 Å². The zero-order chi connectivity index (χ0) is 21.3. The molecule has 2 heterocycles. The molecule has 7 nitrogen and oxygen atoms in total. The van der Waals surface area contributed by atoms with Crippen LogP contribution in [0.5, 0.6) is 0 Å². The summed E-state index contributed by atoms with van der Waals surface area (Å²) in [5, 5.41) is 6.07. The highest BCUT2D eigenvalue weighted by atomic mass is 16.5.